The zero-order valence-electron chi connectivity index (χ0n) is 23.6. The van der Waals surface area contributed by atoms with Gasteiger partial charge in [0.2, 0.25) is 10.0 Å². The number of hydrogen-bond acceptors (Lipinski definition) is 5. The summed E-state index contributed by atoms with van der Waals surface area (Å²) in [4.78, 5) is 18.1. The number of piperazine rings is 1. The van der Waals surface area contributed by atoms with E-state index in [2.05, 4.69) is 49.3 Å². The first kappa shape index (κ1) is 27.5. The molecule has 1 aromatic carbocycles. The largest absolute Gasteiger partial charge is 0.490 e. The van der Waals surface area contributed by atoms with Crippen molar-refractivity contribution >= 4 is 26.8 Å². The number of aromatic nitrogens is 1. The van der Waals surface area contributed by atoms with E-state index < -0.39 is 10.0 Å². The Bertz CT molecular complexity index is 1250. The normalized spacial score (nSPS) is 25.1. The van der Waals surface area contributed by atoms with E-state index >= 15 is 0 Å². The van der Waals surface area contributed by atoms with Gasteiger partial charge in [0.1, 0.15) is 17.5 Å². The van der Waals surface area contributed by atoms with Gasteiger partial charge in [-0.3, -0.25) is 9.69 Å². The van der Waals surface area contributed by atoms with Crippen LogP contribution in [0.4, 0.5) is 0 Å². The van der Waals surface area contributed by atoms with Crippen LogP contribution in [0.25, 0.3) is 10.9 Å². The van der Waals surface area contributed by atoms with Gasteiger partial charge in [0.05, 0.1) is 5.75 Å². The number of rotatable bonds is 8. The second-order valence-corrected chi connectivity index (χ2v) is 13.9. The molecular weight excluding hydrogens is 500 g/mol. The number of carbonyl (C=O) groups is 1. The summed E-state index contributed by atoms with van der Waals surface area (Å²) in [5, 5.41) is 1.01. The molecule has 1 aromatic heterocycles. The molecule has 38 heavy (non-hydrogen) atoms. The van der Waals surface area contributed by atoms with E-state index in [1.54, 1.807) is 4.90 Å². The van der Waals surface area contributed by atoms with Crippen molar-refractivity contribution in [1.82, 2.24) is 18.7 Å². The second-order valence-electron chi connectivity index (χ2n) is 11.9. The minimum absolute atomic E-state index is 0.0393. The van der Waals surface area contributed by atoms with Gasteiger partial charge in [-0.05, 0) is 84.1 Å². The van der Waals surface area contributed by atoms with Gasteiger partial charge in [0.15, 0.2) is 0 Å². The second kappa shape index (κ2) is 10.8. The van der Waals surface area contributed by atoms with Crippen molar-refractivity contribution < 1.29 is 17.9 Å². The Morgan fingerprint density at radius 3 is 2.21 bits per heavy atom. The summed E-state index contributed by atoms with van der Waals surface area (Å²) < 4.78 is 35.1. The van der Waals surface area contributed by atoms with Gasteiger partial charge in [-0.25, -0.2) is 8.42 Å². The van der Waals surface area contributed by atoms with Crippen molar-refractivity contribution in [3.63, 3.8) is 0 Å². The molecule has 0 spiro atoms. The highest BCUT2D eigenvalue weighted by Gasteiger charge is 2.42. The summed E-state index contributed by atoms with van der Waals surface area (Å²) in [6.45, 7) is 12.2. The molecule has 0 radical (unpaired) electrons. The molecule has 2 aromatic rings. The summed E-state index contributed by atoms with van der Waals surface area (Å²) in [5.74, 6) is 0.988. The molecule has 0 aliphatic carbocycles. The zero-order chi connectivity index (χ0) is 27.2. The van der Waals surface area contributed by atoms with Crippen molar-refractivity contribution in [3.05, 3.63) is 30.0 Å². The SMILES string of the molecule is CCCS(=O)(=O)N1CCN(C(=O)c2cc3cc(O[C@H]4C[C@H]5CC[C@@H](C4)N5C(C)C)ccc3n2C(C)C)CC1. The molecule has 5 rings (SSSR count). The predicted molar refractivity (Wildman–Crippen MR) is 151 cm³/mol. The van der Waals surface area contributed by atoms with Crippen molar-refractivity contribution in [1.29, 1.82) is 0 Å². The number of ether oxygens (including phenoxy) is 1. The lowest BCUT2D eigenvalue weighted by Crippen LogP contribution is -2.51. The van der Waals surface area contributed by atoms with Crippen LogP contribution in [0.1, 0.15) is 83.3 Å². The maximum atomic E-state index is 13.6. The third kappa shape index (κ3) is 5.21. The Labute approximate surface area is 227 Å². The number of amides is 1. The summed E-state index contributed by atoms with van der Waals surface area (Å²) >= 11 is 0. The summed E-state index contributed by atoms with van der Waals surface area (Å²) in [7, 11) is -3.24. The minimum Gasteiger partial charge on any atom is -0.490 e. The van der Waals surface area contributed by atoms with Crippen molar-refractivity contribution in [3.8, 4) is 5.75 Å². The average Bonchev–Trinajstić information content (AvgIpc) is 3.38. The van der Waals surface area contributed by atoms with Gasteiger partial charge >= 0.3 is 0 Å². The lowest BCUT2D eigenvalue weighted by molar-refractivity contribution is 0.0308. The Hall–Kier alpha value is -2.10. The maximum absolute atomic E-state index is 13.6. The zero-order valence-corrected chi connectivity index (χ0v) is 24.4. The highest BCUT2D eigenvalue weighted by atomic mass is 32.2. The van der Waals surface area contributed by atoms with Crippen LogP contribution >= 0.6 is 0 Å². The highest BCUT2D eigenvalue weighted by Crippen LogP contribution is 2.39. The van der Waals surface area contributed by atoms with Crippen LogP contribution in [0.15, 0.2) is 24.3 Å². The lowest BCUT2D eigenvalue weighted by Gasteiger charge is -2.41. The van der Waals surface area contributed by atoms with Gasteiger partial charge in [0, 0.05) is 61.2 Å². The fraction of sp³-hybridized carbons (Fsp3) is 0.690. The first-order valence-electron chi connectivity index (χ1n) is 14.4. The van der Waals surface area contributed by atoms with Crippen LogP contribution in [0.3, 0.4) is 0 Å². The number of hydrogen-bond donors (Lipinski definition) is 0. The maximum Gasteiger partial charge on any atom is 0.270 e. The average molecular weight is 545 g/mol. The number of benzene rings is 1. The summed E-state index contributed by atoms with van der Waals surface area (Å²) in [5.41, 5.74) is 1.68. The first-order chi connectivity index (χ1) is 18.1. The van der Waals surface area contributed by atoms with E-state index in [-0.39, 0.29) is 23.8 Å². The Morgan fingerprint density at radius 2 is 1.63 bits per heavy atom. The van der Waals surface area contributed by atoms with Crippen molar-refractivity contribution in [2.24, 2.45) is 0 Å². The third-order valence-electron chi connectivity index (χ3n) is 8.57. The van der Waals surface area contributed by atoms with Crippen molar-refractivity contribution in [2.45, 2.75) is 97.0 Å². The fourth-order valence-corrected chi connectivity index (χ4v) is 8.52. The molecule has 0 N–H and O–H groups in total. The number of fused-ring (bicyclic) bond motifs is 3. The van der Waals surface area contributed by atoms with E-state index in [0.717, 1.165) is 29.5 Å². The molecule has 4 heterocycles. The van der Waals surface area contributed by atoms with Crippen LogP contribution in [-0.4, -0.2) is 89.2 Å². The molecule has 3 fully saturated rings. The van der Waals surface area contributed by atoms with E-state index in [0.29, 0.717) is 56.4 Å². The predicted octanol–water partition coefficient (Wildman–Crippen LogP) is 4.50. The molecule has 3 saturated heterocycles. The van der Waals surface area contributed by atoms with Gasteiger partial charge in [-0.1, -0.05) is 6.92 Å². The molecule has 2 bridgehead atoms. The van der Waals surface area contributed by atoms with E-state index in [1.807, 2.05) is 19.1 Å². The number of nitrogens with zero attached hydrogens (tertiary/aromatic N) is 4. The Balaban J connectivity index is 1.32. The quantitative estimate of drug-likeness (QED) is 0.489. The lowest BCUT2D eigenvalue weighted by atomic mass is 9.98. The Morgan fingerprint density at radius 1 is 0.974 bits per heavy atom. The first-order valence-corrected chi connectivity index (χ1v) is 16.1. The summed E-state index contributed by atoms with van der Waals surface area (Å²) in [6.07, 6.45) is 5.51. The molecular formula is C29H44N4O4S. The van der Waals surface area contributed by atoms with Gasteiger partial charge < -0.3 is 14.2 Å². The van der Waals surface area contributed by atoms with Gasteiger partial charge in [-0.2, -0.15) is 4.31 Å². The topological polar surface area (TPSA) is 75.1 Å². The van der Waals surface area contributed by atoms with Crippen LogP contribution in [-0.2, 0) is 10.0 Å². The molecule has 3 atom stereocenters. The van der Waals surface area contributed by atoms with Gasteiger partial charge in [0.25, 0.3) is 5.91 Å². The van der Waals surface area contributed by atoms with E-state index in [1.165, 1.54) is 17.1 Å². The van der Waals surface area contributed by atoms with E-state index in [9.17, 15) is 13.2 Å². The molecule has 3 aliphatic heterocycles. The molecule has 0 saturated carbocycles. The van der Waals surface area contributed by atoms with Gasteiger partial charge in [-0.15, -0.1) is 0 Å². The smallest absolute Gasteiger partial charge is 0.270 e. The molecule has 0 unspecified atom stereocenters. The third-order valence-corrected chi connectivity index (χ3v) is 10.6. The fourth-order valence-electron chi connectivity index (χ4n) is 7.02. The van der Waals surface area contributed by atoms with Crippen LogP contribution in [0, 0.1) is 0 Å². The molecule has 1 amide bonds. The number of piperidine rings is 1. The molecule has 210 valence electrons. The molecule has 8 nitrogen and oxygen atoms in total. The van der Waals surface area contributed by atoms with Crippen LogP contribution in [0.2, 0.25) is 0 Å². The van der Waals surface area contributed by atoms with E-state index in [4.69, 9.17) is 4.74 Å². The minimum atomic E-state index is -3.24. The van der Waals surface area contributed by atoms with Crippen LogP contribution in [0.5, 0.6) is 5.75 Å². The number of sulfonamides is 1. The standard InChI is InChI=1S/C29H44N4O4S/c1-6-15-38(35,36)31-13-11-30(12-14-31)29(34)28-17-22-16-25(9-10-27(22)33(28)21(4)5)37-26-18-23-7-8-24(19-26)32(23)20(2)3/h9-10,16-17,20-21,23-24,26H,6-8,11-15,18-19H2,1-5H3/t23-,24+,26+. The summed E-state index contributed by atoms with van der Waals surface area (Å²) in [6, 6.07) is 10.1. The molecule has 9 heteroatoms. The van der Waals surface area contributed by atoms with Crippen molar-refractivity contribution in [2.75, 3.05) is 31.9 Å². The Kier molecular flexibility index (Phi) is 7.82. The molecule has 3 aliphatic rings. The van der Waals surface area contributed by atoms with Crippen LogP contribution < -0.4 is 4.74 Å². The number of carbonyl (C=O) groups excluding carboxylic acids is 1. The monoisotopic (exact) mass is 544 g/mol. The highest BCUT2D eigenvalue weighted by molar-refractivity contribution is 7.89.